The summed E-state index contributed by atoms with van der Waals surface area (Å²) in [5.74, 6) is 0.974. The molecule has 0 aliphatic heterocycles. The SMILES string of the molecule is COc1cc[c]([Bi]([CH3])[CH3])c(C)c1. The maximum absolute atomic E-state index is 5.15. The van der Waals surface area contributed by atoms with Crippen LogP contribution in [-0.4, -0.2) is 28.9 Å². The van der Waals surface area contributed by atoms with Gasteiger partial charge in [0, 0.05) is 0 Å². The van der Waals surface area contributed by atoms with Gasteiger partial charge in [-0.15, -0.1) is 0 Å². The molecule has 1 aromatic rings. The number of hydrogen-bond acceptors (Lipinski definition) is 1. The second-order valence-electron chi connectivity index (χ2n) is 3.05. The number of methoxy groups -OCH3 is 1. The van der Waals surface area contributed by atoms with Gasteiger partial charge in [0.2, 0.25) is 0 Å². The summed E-state index contributed by atoms with van der Waals surface area (Å²) in [6, 6.07) is 6.43. The van der Waals surface area contributed by atoms with E-state index >= 15 is 0 Å². The second-order valence-corrected chi connectivity index (χ2v) is 11.9. The maximum atomic E-state index is 5.15. The van der Waals surface area contributed by atoms with Gasteiger partial charge >= 0.3 is 82.6 Å². The fourth-order valence-electron chi connectivity index (χ4n) is 1.26. The fraction of sp³-hybridized carbons (Fsp3) is 0.400. The molecular weight excluding hydrogens is 345 g/mol. The van der Waals surface area contributed by atoms with Crippen molar-refractivity contribution in [3.8, 4) is 5.75 Å². The van der Waals surface area contributed by atoms with Crippen LogP contribution in [-0.2, 0) is 0 Å². The van der Waals surface area contributed by atoms with Crippen molar-refractivity contribution in [3.05, 3.63) is 23.8 Å². The minimum atomic E-state index is -1.24. The van der Waals surface area contributed by atoms with Gasteiger partial charge in [0.05, 0.1) is 0 Å². The number of hydrogen-bond donors (Lipinski definition) is 0. The Hall–Kier alpha value is -0.0969. The van der Waals surface area contributed by atoms with Crippen LogP contribution < -0.4 is 8.01 Å². The molecule has 0 aliphatic carbocycles. The number of aryl methyl sites for hydroxylation is 1. The van der Waals surface area contributed by atoms with Crippen LogP contribution in [0.4, 0.5) is 0 Å². The van der Waals surface area contributed by atoms with Crippen molar-refractivity contribution in [2.75, 3.05) is 7.11 Å². The van der Waals surface area contributed by atoms with E-state index in [-0.39, 0.29) is 0 Å². The Labute approximate surface area is 82.4 Å². The van der Waals surface area contributed by atoms with Crippen molar-refractivity contribution in [2.24, 2.45) is 0 Å². The van der Waals surface area contributed by atoms with Gasteiger partial charge < -0.3 is 0 Å². The first-order chi connectivity index (χ1) is 5.65. The molecule has 66 valence electrons. The van der Waals surface area contributed by atoms with Crippen molar-refractivity contribution in [2.45, 2.75) is 16.2 Å². The molecule has 1 aromatic carbocycles. The number of rotatable bonds is 2. The third kappa shape index (κ3) is 2.20. The standard InChI is InChI=1S/C8H9O.2CH3.Bi/c1-7-4-3-5-8(6-7)9-2;;;/h3,5-6H,1-2H3;2*1H3;. The molecule has 0 radical (unpaired) electrons. The van der Waals surface area contributed by atoms with Crippen LogP contribution in [0, 0.1) is 6.92 Å². The summed E-state index contributed by atoms with van der Waals surface area (Å²) in [7, 11) is 1.71. The molecule has 0 saturated carbocycles. The third-order valence-electron chi connectivity index (χ3n) is 1.89. The summed E-state index contributed by atoms with van der Waals surface area (Å²) in [5.41, 5.74) is 1.40. The summed E-state index contributed by atoms with van der Waals surface area (Å²) in [6.45, 7) is 2.17. The first-order valence-corrected chi connectivity index (χ1v) is 12.7. The molecule has 1 rings (SSSR count). The monoisotopic (exact) mass is 360 g/mol. The zero-order valence-corrected chi connectivity index (χ0v) is 11.6. The molecule has 0 heterocycles. The van der Waals surface area contributed by atoms with Crippen LogP contribution in [0.25, 0.3) is 0 Å². The van der Waals surface area contributed by atoms with Crippen LogP contribution in [0.5, 0.6) is 5.75 Å². The number of benzene rings is 1. The predicted molar refractivity (Wildman–Crippen MR) is 54.8 cm³/mol. The van der Waals surface area contributed by atoms with Crippen molar-refractivity contribution >= 4 is 25.0 Å². The van der Waals surface area contributed by atoms with Crippen molar-refractivity contribution in [1.82, 2.24) is 0 Å². The molecule has 0 atom stereocenters. The molecule has 0 amide bonds. The summed E-state index contributed by atoms with van der Waals surface area (Å²) in [5, 5.41) is 0. The van der Waals surface area contributed by atoms with Crippen LogP contribution in [0.1, 0.15) is 5.56 Å². The molecule has 1 nitrogen and oxygen atoms in total. The van der Waals surface area contributed by atoms with E-state index in [1.807, 2.05) is 0 Å². The average molecular weight is 360 g/mol. The third-order valence-corrected chi connectivity index (χ3v) is 7.58. The Morgan fingerprint density at radius 2 is 1.92 bits per heavy atom. The summed E-state index contributed by atoms with van der Waals surface area (Å²) in [6.07, 6.45) is 0. The molecule has 0 aromatic heterocycles. The van der Waals surface area contributed by atoms with Crippen molar-refractivity contribution in [3.63, 3.8) is 0 Å². The molecule has 0 N–H and O–H groups in total. The first kappa shape index (κ1) is 9.99. The zero-order chi connectivity index (χ0) is 9.14. The molecule has 0 bridgehead atoms. The van der Waals surface area contributed by atoms with Crippen molar-refractivity contribution in [1.29, 1.82) is 0 Å². The summed E-state index contributed by atoms with van der Waals surface area (Å²) >= 11 is -1.24. The van der Waals surface area contributed by atoms with Crippen LogP contribution in [0.3, 0.4) is 0 Å². The van der Waals surface area contributed by atoms with Gasteiger partial charge in [-0.3, -0.25) is 0 Å². The van der Waals surface area contributed by atoms with Gasteiger partial charge in [0.25, 0.3) is 0 Å². The molecule has 0 fully saturated rings. The first-order valence-electron chi connectivity index (χ1n) is 3.97. The molecular formula is C10H15BiO. The van der Waals surface area contributed by atoms with E-state index in [2.05, 4.69) is 34.4 Å². The van der Waals surface area contributed by atoms with Gasteiger partial charge in [-0.1, -0.05) is 0 Å². The molecule has 12 heavy (non-hydrogen) atoms. The molecule has 0 unspecified atom stereocenters. The van der Waals surface area contributed by atoms with E-state index in [0.29, 0.717) is 0 Å². The quantitative estimate of drug-likeness (QED) is 0.733. The van der Waals surface area contributed by atoms with Gasteiger partial charge in [-0.05, 0) is 0 Å². The van der Waals surface area contributed by atoms with Gasteiger partial charge in [-0.25, -0.2) is 0 Å². The molecule has 2 heteroatoms. The second kappa shape index (κ2) is 4.23. The Morgan fingerprint density at radius 1 is 1.25 bits per heavy atom. The normalized spacial score (nSPS) is 10.4. The Kier molecular flexibility index (Phi) is 3.52. The van der Waals surface area contributed by atoms with Gasteiger partial charge in [0.15, 0.2) is 0 Å². The van der Waals surface area contributed by atoms with E-state index in [1.165, 1.54) is 5.56 Å². The Bertz CT molecular complexity index is 269. The molecule has 0 aliphatic rings. The minimum absolute atomic E-state index is 0.974. The van der Waals surface area contributed by atoms with Crippen LogP contribution >= 0.6 is 0 Å². The topological polar surface area (TPSA) is 9.23 Å². The molecule has 0 spiro atoms. The summed E-state index contributed by atoms with van der Waals surface area (Å²) in [4.78, 5) is 0. The zero-order valence-electron chi connectivity index (χ0n) is 8.09. The van der Waals surface area contributed by atoms with Crippen molar-refractivity contribution < 1.29 is 4.74 Å². The van der Waals surface area contributed by atoms with E-state index < -0.39 is 21.8 Å². The van der Waals surface area contributed by atoms with E-state index in [9.17, 15) is 0 Å². The average Bonchev–Trinajstić information content (AvgIpc) is 2.03. The fourth-order valence-corrected chi connectivity index (χ4v) is 5.70. The Balaban J connectivity index is 3.03. The predicted octanol–water partition coefficient (Wildman–Crippen LogP) is 1.97. The molecule has 0 saturated heterocycles. The van der Waals surface area contributed by atoms with Gasteiger partial charge in [0.1, 0.15) is 0 Å². The Morgan fingerprint density at radius 3 is 2.33 bits per heavy atom. The summed E-state index contributed by atoms with van der Waals surface area (Å²) < 4.78 is 11.6. The number of ether oxygens (including phenoxy) is 1. The van der Waals surface area contributed by atoms with Crippen LogP contribution in [0.2, 0.25) is 9.26 Å². The van der Waals surface area contributed by atoms with Crippen LogP contribution in [0.15, 0.2) is 18.2 Å². The van der Waals surface area contributed by atoms with Gasteiger partial charge in [-0.2, -0.15) is 0 Å². The van der Waals surface area contributed by atoms with E-state index in [0.717, 1.165) is 5.75 Å². The van der Waals surface area contributed by atoms with E-state index in [4.69, 9.17) is 4.74 Å². The van der Waals surface area contributed by atoms with E-state index in [1.54, 1.807) is 10.4 Å².